The summed E-state index contributed by atoms with van der Waals surface area (Å²) in [5, 5.41) is 8.99. The minimum Gasteiger partial charge on any atom is -0.378 e. The monoisotopic (exact) mass is 315 g/mol. The summed E-state index contributed by atoms with van der Waals surface area (Å²) in [6.45, 7) is 6.16. The first-order chi connectivity index (χ1) is 10.2. The standard InChI is InChI=1S/C17H17NO3S/c1-17(2,3)14-8-10-15(11-9-14)22(19,20)21-16-7-5-4-6-13(16)12-18/h4-11H,1-3H3. The molecule has 5 heteroatoms. The van der Waals surface area contributed by atoms with Gasteiger partial charge in [0.05, 0.1) is 5.56 Å². The second-order valence-corrected chi connectivity index (χ2v) is 7.47. The molecule has 0 aliphatic heterocycles. The van der Waals surface area contributed by atoms with Crippen molar-refractivity contribution >= 4 is 10.1 Å². The zero-order valence-electron chi connectivity index (χ0n) is 12.7. The van der Waals surface area contributed by atoms with Crippen molar-refractivity contribution in [3.05, 3.63) is 59.7 Å². The maximum Gasteiger partial charge on any atom is 0.339 e. The van der Waals surface area contributed by atoms with Gasteiger partial charge in [0, 0.05) is 0 Å². The Morgan fingerprint density at radius 1 is 1.00 bits per heavy atom. The largest absolute Gasteiger partial charge is 0.378 e. The highest BCUT2D eigenvalue weighted by molar-refractivity contribution is 7.87. The predicted molar refractivity (Wildman–Crippen MR) is 84.1 cm³/mol. The molecule has 0 saturated heterocycles. The maximum atomic E-state index is 12.3. The molecule has 22 heavy (non-hydrogen) atoms. The fourth-order valence-electron chi connectivity index (χ4n) is 1.92. The van der Waals surface area contributed by atoms with E-state index in [0.717, 1.165) is 5.56 Å². The van der Waals surface area contributed by atoms with Crippen LogP contribution in [-0.2, 0) is 15.5 Å². The summed E-state index contributed by atoms with van der Waals surface area (Å²) in [6, 6.07) is 14.7. The van der Waals surface area contributed by atoms with Crippen LogP contribution in [0, 0.1) is 11.3 Å². The zero-order chi connectivity index (χ0) is 16.4. The summed E-state index contributed by atoms with van der Waals surface area (Å²) in [6.07, 6.45) is 0. The molecule has 0 amide bonds. The molecule has 114 valence electrons. The molecule has 0 aliphatic carbocycles. The highest BCUT2D eigenvalue weighted by Gasteiger charge is 2.20. The molecule has 2 aromatic carbocycles. The van der Waals surface area contributed by atoms with Crippen LogP contribution in [0.1, 0.15) is 31.9 Å². The van der Waals surface area contributed by atoms with Crippen LogP contribution in [0.4, 0.5) is 0 Å². The van der Waals surface area contributed by atoms with Crippen molar-refractivity contribution in [3.63, 3.8) is 0 Å². The van der Waals surface area contributed by atoms with Gasteiger partial charge in [0.1, 0.15) is 11.0 Å². The fraction of sp³-hybridized carbons (Fsp3) is 0.235. The van der Waals surface area contributed by atoms with Crippen molar-refractivity contribution in [2.75, 3.05) is 0 Å². The highest BCUT2D eigenvalue weighted by Crippen LogP contribution is 2.26. The number of rotatable bonds is 3. The Kier molecular flexibility index (Phi) is 4.25. The van der Waals surface area contributed by atoms with Crippen LogP contribution in [0.2, 0.25) is 0 Å². The molecule has 0 unspecified atom stereocenters. The zero-order valence-corrected chi connectivity index (χ0v) is 13.5. The van der Waals surface area contributed by atoms with E-state index < -0.39 is 10.1 Å². The van der Waals surface area contributed by atoms with Crippen LogP contribution in [0.25, 0.3) is 0 Å². The molecule has 0 saturated carbocycles. The Labute approximate surface area is 131 Å². The second-order valence-electron chi connectivity index (χ2n) is 5.92. The lowest BCUT2D eigenvalue weighted by Gasteiger charge is -2.19. The minimum absolute atomic E-state index is 0.0323. The number of nitrogens with zero attached hydrogens (tertiary/aromatic N) is 1. The number of para-hydroxylation sites is 1. The Morgan fingerprint density at radius 3 is 2.14 bits per heavy atom. The third-order valence-electron chi connectivity index (χ3n) is 3.22. The van der Waals surface area contributed by atoms with E-state index in [1.54, 1.807) is 24.3 Å². The van der Waals surface area contributed by atoms with Gasteiger partial charge in [0.2, 0.25) is 0 Å². The van der Waals surface area contributed by atoms with E-state index in [2.05, 4.69) is 20.8 Å². The summed E-state index contributed by atoms with van der Waals surface area (Å²) in [5.41, 5.74) is 1.15. The van der Waals surface area contributed by atoms with E-state index in [0.29, 0.717) is 0 Å². The van der Waals surface area contributed by atoms with Crippen molar-refractivity contribution in [1.82, 2.24) is 0 Å². The topological polar surface area (TPSA) is 67.2 Å². The van der Waals surface area contributed by atoms with Crippen LogP contribution in [0.3, 0.4) is 0 Å². The molecule has 2 rings (SSSR count). The first-order valence-electron chi connectivity index (χ1n) is 6.78. The van der Waals surface area contributed by atoms with Gasteiger partial charge in [-0.2, -0.15) is 13.7 Å². The quantitative estimate of drug-likeness (QED) is 0.811. The predicted octanol–water partition coefficient (Wildman–Crippen LogP) is 3.62. The summed E-state index contributed by atoms with van der Waals surface area (Å²) in [7, 11) is -3.96. The van der Waals surface area contributed by atoms with E-state index in [9.17, 15) is 8.42 Å². The van der Waals surface area contributed by atoms with Crippen molar-refractivity contribution in [1.29, 1.82) is 5.26 Å². The summed E-state index contributed by atoms with van der Waals surface area (Å²) in [4.78, 5) is 0.0632. The third-order valence-corrected chi connectivity index (χ3v) is 4.46. The van der Waals surface area contributed by atoms with Crippen LogP contribution in [0.15, 0.2) is 53.4 Å². The molecular weight excluding hydrogens is 298 g/mol. The lowest BCUT2D eigenvalue weighted by atomic mass is 9.87. The van der Waals surface area contributed by atoms with E-state index in [1.807, 2.05) is 6.07 Å². The Morgan fingerprint density at radius 2 is 1.59 bits per heavy atom. The molecular formula is C17H17NO3S. The van der Waals surface area contributed by atoms with Crippen LogP contribution < -0.4 is 4.18 Å². The van der Waals surface area contributed by atoms with Crippen molar-refractivity contribution in [2.45, 2.75) is 31.1 Å². The lowest BCUT2D eigenvalue weighted by molar-refractivity contribution is 0.485. The molecule has 0 radical (unpaired) electrons. The molecule has 0 aliphatic rings. The number of benzene rings is 2. The van der Waals surface area contributed by atoms with Gasteiger partial charge in [-0.1, -0.05) is 45.0 Å². The smallest absolute Gasteiger partial charge is 0.339 e. The summed E-state index contributed by atoms with van der Waals surface area (Å²) in [5.74, 6) is 0.0323. The van der Waals surface area contributed by atoms with Gasteiger partial charge in [-0.05, 0) is 35.2 Å². The molecule has 0 spiro atoms. The molecule has 0 atom stereocenters. The van der Waals surface area contributed by atoms with Crippen LogP contribution in [-0.4, -0.2) is 8.42 Å². The molecule has 0 bridgehead atoms. The molecule has 2 aromatic rings. The molecule has 0 heterocycles. The van der Waals surface area contributed by atoms with Gasteiger partial charge >= 0.3 is 10.1 Å². The number of nitriles is 1. The number of hydrogen-bond acceptors (Lipinski definition) is 4. The van der Waals surface area contributed by atoms with E-state index >= 15 is 0 Å². The van der Waals surface area contributed by atoms with Crippen LogP contribution >= 0.6 is 0 Å². The molecule has 0 N–H and O–H groups in total. The average Bonchev–Trinajstić information content (AvgIpc) is 2.47. The van der Waals surface area contributed by atoms with Crippen LogP contribution in [0.5, 0.6) is 5.75 Å². The SMILES string of the molecule is CC(C)(C)c1ccc(S(=O)(=O)Oc2ccccc2C#N)cc1. The van der Waals surface area contributed by atoms with E-state index in [4.69, 9.17) is 9.44 Å². The molecule has 0 fully saturated rings. The first kappa shape index (κ1) is 16.1. The van der Waals surface area contributed by atoms with Crippen molar-refractivity contribution in [3.8, 4) is 11.8 Å². The first-order valence-corrected chi connectivity index (χ1v) is 8.19. The Hall–Kier alpha value is -2.32. The van der Waals surface area contributed by atoms with Crippen molar-refractivity contribution < 1.29 is 12.6 Å². The molecule has 0 aromatic heterocycles. The van der Waals surface area contributed by atoms with Gasteiger partial charge in [-0.25, -0.2) is 0 Å². The van der Waals surface area contributed by atoms with Gasteiger partial charge in [-0.15, -0.1) is 0 Å². The number of hydrogen-bond donors (Lipinski definition) is 0. The van der Waals surface area contributed by atoms with E-state index in [-0.39, 0.29) is 21.6 Å². The normalized spacial score (nSPS) is 11.7. The Bertz CT molecular complexity index is 810. The second kappa shape index (κ2) is 5.82. The average molecular weight is 315 g/mol. The molecule has 4 nitrogen and oxygen atoms in total. The lowest BCUT2D eigenvalue weighted by Crippen LogP contribution is -2.13. The third kappa shape index (κ3) is 3.46. The highest BCUT2D eigenvalue weighted by atomic mass is 32.2. The summed E-state index contributed by atoms with van der Waals surface area (Å²) >= 11 is 0. The van der Waals surface area contributed by atoms with Gasteiger partial charge in [0.25, 0.3) is 0 Å². The van der Waals surface area contributed by atoms with Gasteiger partial charge in [0.15, 0.2) is 5.75 Å². The van der Waals surface area contributed by atoms with Crippen molar-refractivity contribution in [2.24, 2.45) is 0 Å². The Balaban J connectivity index is 2.33. The fourth-order valence-corrected chi connectivity index (χ4v) is 2.87. The van der Waals surface area contributed by atoms with E-state index in [1.165, 1.54) is 24.3 Å². The minimum atomic E-state index is -3.96. The maximum absolute atomic E-state index is 12.3. The summed E-state index contributed by atoms with van der Waals surface area (Å²) < 4.78 is 29.7. The van der Waals surface area contributed by atoms with Gasteiger partial charge < -0.3 is 4.18 Å². The van der Waals surface area contributed by atoms with Gasteiger partial charge in [-0.3, -0.25) is 0 Å².